The van der Waals surface area contributed by atoms with Crippen LogP contribution in [0.5, 0.6) is 0 Å². The smallest absolute Gasteiger partial charge is 0.258 e. The average molecular weight is 408 g/mol. The van der Waals surface area contributed by atoms with E-state index in [1.807, 2.05) is 37.3 Å². The number of halogens is 3. The molecule has 0 heterocycles. The number of aryl methyl sites for hydroxylation is 2. The highest BCUT2D eigenvalue weighted by Gasteiger charge is 2.37. The van der Waals surface area contributed by atoms with Crippen molar-refractivity contribution < 1.29 is 12.6 Å². The summed E-state index contributed by atoms with van der Waals surface area (Å²) in [6, 6.07) is 15.8. The van der Waals surface area contributed by atoms with Crippen LogP contribution in [0.1, 0.15) is 17.5 Å². The predicted molar refractivity (Wildman–Crippen MR) is 98.3 cm³/mol. The molecule has 0 spiro atoms. The van der Waals surface area contributed by atoms with Crippen LogP contribution in [0.3, 0.4) is 0 Å². The molecule has 3 nitrogen and oxygen atoms in total. The Morgan fingerprint density at radius 1 is 1.00 bits per heavy atom. The fourth-order valence-corrected chi connectivity index (χ4v) is 3.87. The fraction of sp³-hybridized carbons (Fsp3) is 0.294. The summed E-state index contributed by atoms with van der Waals surface area (Å²) in [6.45, 7) is 1.86. The molecule has 0 fully saturated rings. The Morgan fingerprint density at radius 2 is 1.58 bits per heavy atom. The quantitative estimate of drug-likeness (QED) is 0.496. The monoisotopic (exact) mass is 406 g/mol. The second-order valence-corrected chi connectivity index (χ2v) is 9.36. The molecule has 0 bridgehead atoms. The number of benzene rings is 2. The van der Waals surface area contributed by atoms with Gasteiger partial charge in [-0.1, -0.05) is 82.8 Å². The SMILES string of the molecule is Cc1ccc(S(=O)(=O)OC(CCc2ccccc2)C(Cl)(Cl)Cl)cc1. The van der Waals surface area contributed by atoms with E-state index in [2.05, 4.69) is 0 Å². The van der Waals surface area contributed by atoms with E-state index in [9.17, 15) is 8.42 Å². The highest BCUT2D eigenvalue weighted by molar-refractivity contribution is 7.86. The third-order valence-corrected chi connectivity index (χ3v) is 5.52. The van der Waals surface area contributed by atoms with Gasteiger partial charge in [-0.15, -0.1) is 0 Å². The van der Waals surface area contributed by atoms with Gasteiger partial charge in [0.15, 0.2) is 0 Å². The van der Waals surface area contributed by atoms with Gasteiger partial charge in [0.25, 0.3) is 10.1 Å². The summed E-state index contributed by atoms with van der Waals surface area (Å²) >= 11 is 17.8. The summed E-state index contributed by atoms with van der Waals surface area (Å²) in [4.78, 5) is 0.0343. The van der Waals surface area contributed by atoms with E-state index < -0.39 is 20.0 Å². The van der Waals surface area contributed by atoms with E-state index in [1.54, 1.807) is 12.1 Å². The lowest BCUT2D eigenvalue weighted by molar-refractivity contribution is 0.203. The Kier molecular flexibility index (Phi) is 6.57. The first-order valence-electron chi connectivity index (χ1n) is 7.29. The molecule has 2 rings (SSSR count). The molecule has 0 aliphatic rings. The first kappa shape index (κ1) is 19.5. The van der Waals surface area contributed by atoms with Crippen molar-refractivity contribution >= 4 is 44.9 Å². The zero-order valence-corrected chi connectivity index (χ0v) is 16.0. The largest absolute Gasteiger partial charge is 0.297 e. The summed E-state index contributed by atoms with van der Waals surface area (Å²) in [6.07, 6.45) is -0.303. The summed E-state index contributed by atoms with van der Waals surface area (Å²) in [5, 5.41) is 0. The van der Waals surface area contributed by atoms with Crippen molar-refractivity contribution in [1.29, 1.82) is 0 Å². The maximum atomic E-state index is 12.4. The van der Waals surface area contributed by atoms with Gasteiger partial charge >= 0.3 is 0 Å². The van der Waals surface area contributed by atoms with Crippen molar-refractivity contribution in [3.63, 3.8) is 0 Å². The van der Waals surface area contributed by atoms with Crippen LogP contribution in [-0.4, -0.2) is 18.3 Å². The van der Waals surface area contributed by atoms with Crippen molar-refractivity contribution in [3.05, 3.63) is 65.7 Å². The van der Waals surface area contributed by atoms with Gasteiger partial charge in [0.05, 0.1) is 4.90 Å². The standard InChI is InChI=1S/C17H17Cl3O3S/c1-13-7-10-15(11-8-13)24(21,22)23-16(17(18,19)20)12-9-14-5-3-2-4-6-14/h2-8,10-11,16H,9,12H2,1H3. The van der Waals surface area contributed by atoms with Gasteiger partial charge in [-0.3, -0.25) is 4.18 Å². The van der Waals surface area contributed by atoms with Crippen LogP contribution in [0, 0.1) is 6.92 Å². The maximum Gasteiger partial charge on any atom is 0.297 e. The van der Waals surface area contributed by atoms with Crippen molar-refractivity contribution in [2.75, 3.05) is 0 Å². The van der Waals surface area contributed by atoms with Gasteiger partial charge in [0, 0.05) is 0 Å². The molecule has 0 N–H and O–H groups in total. The van der Waals surface area contributed by atoms with Gasteiger partial charge in [0.2, 0.25) is 3.79 Å². The molecule has 0 amide bonds. The topological polar surface area (TPSA) is 43.4 Å². The molecule has 7 heteroatoms. The molecule has 0 saturated carbocycles. The Labute approximate surface area is 157 Å². The molecule has 0 radical (unpaired) electrons. The van der Waals surface area contributed by atoms with Crippen LogP contribution in [0.25, 0.3) is 0 Å². The van der Waals surface area contributed by atoms with Crippen molar-refractivity contribution in [1.82, 2.24) is 0 Å². The molecule has 1 unspecified atom stereocenters. The number of hydrogen-bond donors (Lipinski definition) is 0. The first-order valence-corrected chi connectivity index (χ1v) is 9.83. The number of rotatable bonds is 6. The molecule has 0 saturated heterocycles. The third-order valence-electron chi connectivity index (χ3n) is 3.46. The minimum atomic E-state index is -4.02. The lowest BCUT2D eigenvalue weighted by Gasteiger charge is -2.24. The molecule has 0 aromatic heterocycles. The summed E-state index contributed by atoms with van der Waals surface area (Å²) < 4.78 is 28.2. The van der Waals surface area contributed by atoms with Gasteiger partial charge in [0.1, 0.15) is 6.10 Å². The highest BCUT2D eigenvalue weighted by Crippen LogP contribution is 2.36. The minimum Gasteiger partial charge on any atom is -0.258 e. The molecular weight excluding hydrogens is 391 g/mol. The molecule has 0 aliphatic carbocycles. The lowest BCUT2D eigenvalue weighted by Crippen LogP contribution is -2.32. The Hall–Kier alpha value is -0.780. The highest BCUT2D eigenvalue weighted by atomic mass is 35.6. The van der Waals surface area contributed by atoms with Crippen LogP contribution in [-0.2, 0) is 20.7 Å². The summed E-state index contributed by atoms with van der Waals surface area (Å²) in [7, 11) is -4.02. The second kappa shape index (κ2) is 8.07. The Balaban J connectivity index is 2.15. The predicted octanol–water partition coefficient (Wildman–Crippen LogP) is 5.07. The molecule has 130 valence electrons. The normalized spacial score (nSPS) is 13.7. The van der Waals surface area contributed by atoms with Crippen molar-refractivity contribution in [2.24, 2.45) is 0 Å². The molecule has 0 aliphatic heterocycles. The van der Waals surface area contributed by atoms with Crippen LogP contribution in [0.15, 0.2) is 59.5 Å². The molecule has 1 atom stereocenters. The van der Waals surface area contributed by atoms with Crippen LogP contribution in [0.4, 0.5) is 0 Å². The van der Waals surface area contributed by atoms with E-state index in [4.69, 9.17) is 39.0 Å². The van der Waals surface area contributed by atoms with E-state index >= 15 is 0 Å². The van der Waals surface area contributed by atoms with E-state index in [0.717, 1.165) is 11.1 Å². The van der Waals surface area contributed by atoms with E-state index in [0.29, 0.717) is 6.42 Å². The molecule has 2 aromatic rings. The summed E-state index contributed by atoms with van der Waals surface area (Å²) in [5.41, 5.74) is 1.95. The number of hydrogen-bond acceptors (Lipinski definition) is 3. The third kappa shape index (κ3) is 5.64. The fourth-order valence-electron chi connectivity index (χ4n) is 2.12. The van der Waals surface area contributed by atoms with E-state index in [1.165, 1.54) is 12.1 Å². The zero-order valence-electron chi connectivity index (χ0n) is 13.0. The zero-order chi connectivity index (χ0) is 17.8. The van der Waals surface area contributed by atoms with Crippen LogP contribution in [0.2, 0.25) is 0 Å². The van der Waals surface area contributed by atoms with Crippen LogP contribution < -0.4 is 0 Å². The van der Waals surface area contributed by atoms with Crippen molar-refractivity contribution in [3.8, 4) is 0 Å². The lowest BCUT2D eigenvalue weighted by atomic mass is 10.1. The molecular formula is C17H17Cl3O3S. The van der Waals surface area contributed by atoms with Gasteiger partial charge in [-0.05, 0) is 37.5 Å². The van der Waals surface area contributed by atoms with Gasteiger partial charge < -0.3 is 0 Å². The first-order chi connectivity index (χ1) is 11.2. The van der Waals surface area contributed by atoms with Gasteiger partial charge in [-0.25, -0.2) is 0 Å². The minimum absolute atomic E-state index is 0.0343. The Bertz CT molecular complexity index is 754. The maximum absolute atomic E-state index is 12.4. The Morgan fingerprint density at radius 3 is 2.12 bits per heavy atom. The average Bonchev–Trinajstić information content (AvgIpc) is 2.52. The van der Waals surface area contributed by atoms with Crippen LogP contribution >= 0.6 is 34.8 Å². The molecule has 24 heavy (non-hydrogen) atoms. The van der Waals surface area contributed by atoms with Crippen molar-refractivity contribution in [2.45, 2.75) is 34.6 Å². The molecule has 2 aromatic carbocycles. The van der Waals surface area contributed by atoms with E-state index in [-0.39, 0.29) is 11.3 Å². The van der Waals surface area contributed by atoms with Gasteiger partial charge in [-0.2, -0.15) is 8.42 Å². The number of alkyl halides is 3. The second-order valence-electron chi connectivity index (χ2n) is 5.42. The summed E-state index contributed by atoms with van der Waals surface area (Å²) in [5.74, 6) is 0.